The molecular formula is C29H29Cl2N3O2. The maximum atomic E-state index is 13.7. The van der Waals surface area contributed by atoms with Crippen LogP contribution in [0.2, 0.25) is 10.0 Å². The highest BCUT2D eigenvalue weighted by Crippen LogP contribution is 2.35. The fourth-order valence-corrected chi connectivity index (χ4v) is 4.62. The van der Waals surface area contributed by atoms with Crippen LogP contribution < -0.4 is 4.90 Å². The van der Waals surface area contributed by atoms with Crippen molar-refractivity contribution in [3.05, 3.63) is 100 Å². The molecule has 0 spiro atoms. The monoisotopic (exact) mass is 521 g/mol. The molecule has 1 heterocycles. The van der Waals surface area contributed by atoms with Crippen LogP contribution in [0.25, 0.3) is 0 Å². The Morgan fingerprint density at radius 3 is 2.03 bits per heavy atom. The zero-order valence-corrected chi connectivity index (χ0v) is 22.3. The van der Waals surface area contributed by atoms with Crippen molar-refractivity contribution in [2.45, 2.75) is 33.1 Å². The molecule has 1 atom stereocenters. The van der Waals surface area contributed by atoms with E-state index in [1.54, 1.807) is 50.0 Å². The largest absolute Gasteiger partial charge is 0.286 e. The van der Waals surface area contributed by atoms with Gasteiger partial charge in [-0.05, 0) is 54.4 Å². The lowest BCUT2D eigenvalue weighted by Crippen LogP contribution is -2.47. The van der Waals surface area contributed by atoms with E-state index in [1.165, 1.54) is 4.90 Å². The minimum absolute atomic E-state index is 0.0516. The summed E-state index contributed by atoms with van der Waals surface area (Å²) in [4.78, 5) is 28.2. The summed E-state index contributed by atoms with van der Waals surface area (Å²) in [5, 5.41) is 7.82. The van der Waals surface area contributed by atoms with Gasteiger partial charge in [0.25, 0.3) is 5.91 Å². The minimum atomic E-state index is -0.753. The van der Waals surface area contributed by atoms with Gasteiger partial charge in [0.05, 0.1) is 23.4 Å². The lowest BCUT2D eigenvalue weighted by Gasteiger charge is -2.30. The van der Waals surface area contributed by atoms with Crippen LogP contribution in [0.15, 0.2) is 84.0 Å². The number of nitrogens with zero attached hydrogens (tertiary/aromatic N) is 3. The van der Waals surface area contributed by atoms with Gasteiger partial charge < -0.3 is 0 Å². The summed E-state index contributed by atoms with van der Waals surface area (Å²) < 4.78 is 0. The van der Waals surface area contributed by atoms with Gasteiger partial charge in [-0.2, -0.15) is 5.10 Å². The first-order valence-corrected chi connectivity index (χ1v) is 12.5. The molecule has 7 heteroatoms. The molecule has 0 saturated carbocycles. The second-order valence-electron chi connectivity index (χ2n) is 10.2. The molecule has 3 aromatic carbocycles. The molecule has 1 aliphatic heterocycles. The van der Waals surface area contributed by atoms with Crippen LogP contribution in [0.1, 0.15) is 38.8 Å². The molecule has 0 aliphatic carbocycles. The van der Waals surface area contributed by atoms with Crippen molar-refractivity contribution in [3.63, 3.8) is 0 Å². The fourth-order valence-electron chi connectivity index (χ4n) is 4.36. The third-order valence-corrected chi connectivity index (χ3v) is 6.79. The van der Waals surface area contributed by atoms with Gasteiger partial charge in [-0.15, -0.1) is 0 Å². The van der Waals surface area contributed by atoms with Crippen molar-refractivity contribution in [3.8, 4) is 0 Å². The Hall–Kier alpha value is -3.15. The van der Waals surface area contributed by atoms with Crippen LogP contribution in [0.5, 0.6) is 0 Å². The van der Waals surface area contributed by atoms with E-state index >= 15 is 0 Å². The average molecular weight is 522 g/mol. The number of hydrogen-bond donors (Lipinski definition) is 0. The number of amides is 2. The molecule has 0 saturated heterocycles. The highest BCUT2D eigenvalue weighted by atomic mass is 35.5. The first-order chi connectivity index (χ1) is 17.0. The normalized spacial score (nSPS) is 17.6. The van der Waals surface area contributed by atoms with Crippen molar-refractivity contribution in [2.75, 3.05) is 18.0 Å². The van der Waals surface area contributed by atoms with E-state index in [9.17, 15) is 9.59 Å². The number of anilines is 1. The quantitative estimate of drug-likeness (QED) is 0.381. The van der Waals surface area contributed by atoms with Crippen LogP contribution in [0.3, 0.4) is 0 Å². The summed E-state index contributed by atoms with van der Waals surface area (Å²) in [6.07, 6.45) is 0. The summed E-state index contributed by atoms with van der Waals surface area (Å²) in [7, 11) is 0. The molecule has 1 unspecified atom stereocenters. The van der Waals surface area contributed by atoms with Gasteiger partial charge in [0.2, 0.25) is 5.91 Å². The van der Waals surface area contributed by atoms with Crippen molar-refractivity contribution in [1.82, 2.24) is 5.01 Å². The maximum Gasteiger partial charge on any atom is 0.255 e. The standard InChI is InChI=1S/C29H29Cl2N3O2/c1-28(2,3)27(36)34(24-16-14-23(31)15-17-24)25(35)18-33-19-29(4,21-8-6-5-7-9-21)26(32-33)20-10-12-22(30)13-11-20/h5-17H,18-19H2,1-4H3. The molecule has 3 aromatic rings. The molecule has 36 heavy (non-hydrogen) atoms. The molecule has 1 aliphatic rings. The third kappa shape index (κ3) is 5.32. The number of hydrogen-bond acceptors (Lipinski definition) is 4. The van der Waals surface area contributed by atoms with Crippen LogP contribution in [-0.2, 0) is 15.0 Å². The predicted octanol–water partition coefficient (Wildman–Crippen LogP) is 6.58. The van der Waals surface area contributed by atoms with Crippen LogP contribution in [-0.4, -0.2) is 35.6 Å². The van der Waals surface area contributed by atoms with E-state index in [0.29, 0.717) is 22.3 Å². The maximum absolute atomic E-state index is 13.7. The molecule has 5 nitrogen and oxygen atoms in total. The molecule has 0 aromatic heterocycles. The number of benzene rings is 3. The van der Waals surface area contributed by atoms with Gasteiger partial charge in [-0.3, -0.25) is 14.6 Å². The highest BCUT2D eigenvalue weighted by molar-refractivity contribution is 6.31. The number of rotatable bonds is 5. The van der Waals surface area contributed by atoms with Gasteiger partial charge in [0, 0.05) is 15.5 Å². The van der Waals surface area contributed by atoms with Crippen LogP contribution in [0.4, 0.5) is 5.69 Å². The second-order valence-corrected chi connectivity index (χ2v) is 11.1. The molecule has 4 rings (SSSR count). The first-order valence-electron chi connectivity index (χ1n) is 11.8. The molecular weight excluding hydrogens is 493 g/mol. The van der Waals surface area contributed by atoms with Gasteiger partial charge >= 0.3 is 0 Å². The Kier molecular flexibility index (Phi) is 7.26. The van der Waals surface area contributed by atoms with E-state index < -0.39 is 10.8 Å². The van der Waals surface area contributed by atoms with E-state index in [-0.39, 0.29) is 18.4 Å². The Labute approximate surface area is 222 Å². The highest BCUT2D eigenvalue weighted by Gasteiger charge is 2.42. The molecule has 0 N–H and O–H groups in total. The van der Waals surface area contributed by atoms with E-state index in [0.717, 1.165) is 16.8 Å². The van der Waals surface area contributed by atoms with Gasteiger partial charge in [-0.1, -0.05) is 86.4 Å². The number of carbonyl (C=O) groups is 2. The lowest BCUT2D eigenvalue weighted by atomic mass is 9.76. The summed E-state index contributed by atoms with van der Waals surface area (Å²) in [6.45, 7) is 7.94. The van der Waals surface area contributed by atoms with E-state index in [4.69, 9.17) is 28.3 Å². The average Bonchev–Trinajstić information content (AvgIpc) is 3.18. The zero-order valence-electron chi connectivity index (χ0n) is 20.8. The van der Waals surface area contributed by atoms with Crippen LogP contribution >= 0.6 is 23.2 Å². The van der Waals surface area contributed by atoms with E-state index in [1.807, 2.05) is 42.5 Å². The summed E-state index contributed by atoms with van der Waals surface area (Å²) >= 11 is 12.2. The van der Waals surface area contributed by atoms with E-state index in [2.05, 4.69) is 19.1 Å². The van der Waals surface area contributed by atoms with Crippen molar-refractivity contribution in [2.24, 2.45) is 10.5 Å². The molecule has 0 fully saturated rings. The Morgan fingerprint density at radius 2 is 1.47 bits per heavy atom. The number of hydrazone groups is 1. The fraction of sp³-hybridized carbons (Fsp3) is 0.276. The third-order valence-electron chi connectivity index (χ3n) is 6.29. The molecule has 0 radical (unpaired) electrons. The first kappa shape index (κ1) is 25.9. The molecule has 2 amide bonds. The number of carbonyl (C=O) groups excluding carboxylic acids is 2. The van der Waals surface area contributed by atoms with Gasteiger partial charge in [0.15, 0.2) is 0 Å². The van der Waals surface area contributed by atoms with Crippen molar-refractivity contribution >= 4 is 46.4 Å². The molecule has 0 bridgehead atoms. The van der Waals surface area contributed by atoms with Gasteiger partial charge in [0.1, 0.15) is 6.54 Å². The number of halogens is 2. The predicted molar refractivity (Wildman–Crippen MR) is 147 cm³/mol. The Bertz CT molecular complexity index is 1280. The smallest absolute Gasteiger partial charge is 0.255 e. The number of imide groups is 1. The summed E-state index contributed by atoms with van der Waals surface area (Å²) in [5.74, 6) is -0.643. The zero-order chi connectivity index (χ0) is 26.1. The van der Waals surface area contributed by atoms with Gasteiger partial charge in [-0.25, -0.2) is 4.90 Å². The molecule has 186 valence electrons. The van der Waals surface area contributed by atoms with Crippen molar-refractivity contribution in [1.29, 1.82) is 0 Å². The Balaban J connectivity index is 1.69. The summed E-state index contributed by atoms with van der Waals surface area (Å²) in [5.41, 5.74) is 2.13. The summed E-state index contributed by atoms with van der Waals surface area (Å²) in [6, 6.07) is 24.4. The van der Waals surface area contributed by atoms with Crippen molar-refractivity contribution < 1.29 is 9.59 Å². The Morgan fingerprint density at radius 1 is 0.917 bits per heavy atom. The minimum Gasteiger partial charge on any atom is -0.286 e. The SMILES string of the molecule is CC(C)(C)C(=O)N(C(=O)CN1CC(C)(c2ccccc2)C(c2ccc(Cl)cc2)=N1)c1ccc(Cl)cc1. The second kappa shape index (κ2) is 10.1. The topological polar surface area (TPSA) is 53.0 Å². The van der Waals surface area contributed by atoms with Crippen LogP contribution in [0, 0.1) is 5.41 Å². The lowest BCUT2D eigenvalue weighted by molar-refractivity contribution is -0.131.